The third-order valence-corrected chi connectivity index (χ3v) is 4.95. The van der Waals surface area contributed by atoms with Crippen molar-refractivity contribution >= 4 is 35.0 Å². The highest BCUT2D eigenvalue weighted by atomic mass is 16.6. The molecule has 2 heterocycles. The molecule has 0 unspecified atom stereocenters. The van der Waals surface area contributed by atoms with Gasteiger partial charge in [0.2, 0.25) is 11.6 Å². The van der Waals surface area contributed by atoms with Crippen molar-refractivity contribution in [3.8, 4) is 0 Å². The first-order valence-corrected chi connectivity index (χ1v) is 9.48. The molecule has 148 valence electrons. The number of benzene rings is 1. The molecule has 1 saturated heterocycles. The van der Waals surface area contributed by atoms with Crippen molar-refractivity contribution in [3.63, 3.8) is 0 Å². The van der Waals surface area contributed by atoms with E-state index in [2.05, 4.69) is 27.2 Å². The summed E-state index contributed by atoms with van der Waals surface area (Å²) in [6.07, 6.45) is 7.02. The summed E-state index contributed by atoms with van der Waals surface area (Å²) < 4.78 is 0. The van der Waals surface area contributed by atoms with Gasteiger partial charge in [-0.05, 0) is 43.0 Å². The van der Waals surface area contributed by atoms with Gasteiger partial charge >= 0.3 is 5.69 Å². The highest BCUT2D eigenvalue weighted by Crippen LogP contribution is 2.36. The molecule has 0 spiro atoms. The predicted molar refractivity (Wildman–Crippen MR) is 111 cm³/mol. The van der Waals surface area contributed by atoms with Crippen molar-refractivity contribution in [1.82, 2.24) is 9.97 Å². The number of aliphatic imine (C=N–C) groups is 1. The number of rotatable bonds is 7. The van der Waals surface area contributed by atoms with Gasteiger partial charge in [0, 0.05) is 18.8 Å². The number of hydrogen-bond acceptors (Lipinski definition) is 7. The Morgan fingerprint density at radius 3 is 2.64 bits per heavy atom. The molecule has 3 rings (SSSR count). The smallest absolute Gasteiger partial charge is 0.353 e. The Balaban J connectivity index is 1.83. The number of aromatic nitrogens is 2. The maximum Gasteiger partial charge on any atom is 0.353 e. The van der Waals surface area contributed by atoms with E-state index in [1.54, 1.807) is 24.3 Å². The first kappa shape index (κ1) is 19.5. The number of hydrogen-bond donors (Lipinski definition) is 2. The fourth-order valence-electron chi connectivity index (χ4n) is 3.56. The predicted octanol–water partition coefficient (Wildman–Crippen LogP) is 3.76. The zero-order valence-corrected chi connectivity index (χ0v) is 15.9. The molecule has 28 heavy (non-hydrogen) atoms. The van der Waals surface area contributed by atoms with Gasteiger partial charge in [-0.2, -0.15) is 0 Å². The molecule has 0 aliphatic carbocycles. The highest BCUT2D eigenvalue weighted by molar-refractivity contribution is 5.75. The van der Waals surface area contributed by atoms with Crippen molar-refractivity contribution in [2.75, 3.05) is 23.3 Å². The van der Waals surface area contributed by atoms with Crippen LogP contribution in [0.25, 0.3) is 0 Å². The molecular weight excluding hydrogens is 358 g/mol. The quantitative estimate of drug-likeness (QED) is 0.323. The number of nitrogens with one attached hydrogen (secondary N) is 1. The lowest BCUT2D eigenvalue weighted by Gasteiger charge is -2.32. The summed E-state index contributed by atoms with van der Waals surface area (Å²) in [4.78, 5) is 25.7. The molecule has 0 saturated carbocycles. The van der Waals surface area contributed by atoms with Crippen LogP contribution in [-0.2, 0) is 0 Å². The van der Waals surface area contributed by atoms with Gasteiger partial charge in [-0.25, -0.2) is 15.0 Å². The minimum atomic E-state index is -0.414. The summed E-state index contributed by atoms with van der Waals surface area (Å²) in [6.45, 7) is 3.73. The SMILES string of the molecule is CCCC1CCN(c2ncnc(Nc3ccc(N=CN)cc3)c2[N+](=O)[O-])CC1. The topological polar surface area (TPSA) is 123 Å². The standard InChI is InChI=1S/C19H25N7O2/c1-2-3-14-8-10-25(11-9-14)19-17(26(27)28)18(22-13-23-19)24-16-6-4-15(5-7-16)21-12-20/h4-7,12-14H,2-3,8-11H2,1H3,(H2,20,21)(H,22,23,24). The van der Waals surface area contributed by atoms with Gasteiger partial charge in [-0.15, -0.1) is 0 Å². The van der Waals surface area contributed by atoms with Crippen molar-refractivity contribution in [3.05, 3.63) is 40.7 Å². The van der Waals surface area contributed by atoms with Gasteiger partial charge in [0.05, 0.1) is 16.9 Å². The van der Waals surface area contributed by atoms with E-state index >= 15 is 0 Å². The maximum atomic E-state index is 11.8. The molecule has 0 atom stereocenters. The Kier molecular flexibility index (Phi) is 6.36. The van der Waals surface area contributed by atoms with Gasteiger partial charge < -0.3 is 16.0 Å². The van der Waals surface area contributed by atoms with Gasteiger partial charge in [-0.1, -0.05) is 19.8 Å². The number of piperidine rings is 1. The van der Waals surface area contributed by atoms with Crippen LogP contribution in [0.1, 0.15) is 32.6 Å². The fraction of sp³-hybridized carbons (Fsp3) is 0.421. The molecule has 1 aliphatic rings. The Labute approximate surface area is 163 Å². The Morgan fingerprint density at radius 2 is 2.04 bits per heavy atom. The molecule has 1 fully saturated rings. The van der Waals surface area contributed by atoms with Crippen molar-refractivity contribution in [2.45, 2.75) is 32.6 Å². The first-order valence-electron chi connectivity index (χ1n) is 9.48. The molecule has 1 aliphatic heterocycles. The minimum absolute atomic E-state index is 0.0968. The molecule has 0 radical (unpaired) electrons. The lowest BCUT2D eigenvalue weighted by molar-refractivity contribution is -0.383. The van der Waals surface area contributed by atoms with Gasteiger partial charge in [0.15, 0.2) is 0 Å². The van der Waals surface area contributed by atoms with E-state index in [-0.39, 0.29) is 11.5 Å². The third-order valence-electron chi connectivity index (χ3n) is 4.95. The first-order chi connectivity index (χ1) is 13.6. The number of nitrogens with zero attached hydrogens (tertiary/aromatic N) is 5. The molecule has 0 bridgehead atoms. The maximum absolute atomic E-state index is 11.8. The van der Waals surface area contributed by atoms with E-state index < -0.39 is 4.92 Å². The zero-order chi connectivity index (χ0) is 19.9. The van der Waals surface area contributed by atoms with Crippen LogP contribution in [0.3, 0.4) is 0 Å². The minimum Gasteiger partial charge on any atom is -0.390 e. The summed E-state index contributed by atoms with van der Waals surface area (Å²) >= 11 is 0. The van der Waals surface area contributed by atoms with Crippen LogP contribution in [0, 0.1) is 16.0 Å². The summed E-state index contributed by atoms with van der Waals surface area (Å²) in [7, 11) is 0. The number of anilines is 3. The fourth-order valence-corrected chi connectivity index (χ4v) is 3.56. The number of nitrogens with two attached hydrogens (primary N) is 1. The Morgan fingerprint density at radius 1 is 1.32 bits per heavy atom. The molecule has 9 heteroatoms. The largest absolute Gasteiger partial charge is 0.390 e. The average Bonchev–Trinajstić information content (AvgIpc) is 2.70. The van der Waals surface area contributed by atoms with Crippen molar-refractivity contribution in [1.29, 1.82) is 0 Å². The van der Waals surface area contributed by atoms with E-state index in [0.717, 1.165) is 25.9 Å². The van der Waals surface area contributed by atoms with Crippen LogP contribution < -0.4 is 16.0 Å². The second kappa shape index (κ2) is 9.12. The van der Waals surface area contributed by atoms with Crippen LogP contribution in [0.2, 0.25) is 0 Å². The van der Waals surface area contributed by atoms with Crippen LogP contribution in [-0.4, -0.2) is 34.3 Å². The van der Waals surface area contributed by atoms with Crippen molar-refractivity contribution in [2.24, 2.45) is 16.6 Å². The van der Waals surface area contributed by atoms with Crippen LogP contribution in [0.4, 0.5) is 28.7 Å². The summed E-state index contributed by atoms with van der Waals surface area (Å²) in [5.74, 6) is 1.25. The van der Waals surface area contributed by atoms with Gasteiger partial charge in [0.25, 0.3) is 0 Å². The average molecular weight is 383 g/mol. The normalized spacial score (nSPS) is 15.1. The summed E-state index contributed by atoms with van der Waals surface area (Å²) in [5, 5.41) is 14.8. The lowest BCUT2D eigenvalue weighted by atomic mass is 9.92. The monoisotopic (exact) mass is 383 g/mol. The molecule has 2 aromatic rings. The lowest BCUT2D eigenvalue weighted by Crippen LogP contribution is -2.34. The van der Waals surface area contributed by atoms with Gasteiger partial charge in [0.1, 0.15) is 6.33 Å². The number of nitro groups is 1. The molecule has 9 nitrogen and oxygen atoms in total. The van der Waals surface area contributed by atoms with E-state index in [1.165, 1.54) is 25.5 Å². The molecular formula is C19H25N7O2. The summed E-state index contributed by atoms with van der Waals surface area (Å²) in [6, 6.07) is 7.06. The van der Waals surface area contributed by atoms with Gasteiger partial charge in [-0.3, -0.25) is 10.1 Å². The van der Waals surface area contributed by atoms with Crippen LogP contribution in [0.15, 0.2) is 35.6 Å². The Hall–Kier alpha value is -3.23. The van der Waals surface area contributed by atoms with E-state index in [0.29, 0.717) is 23.1 Å². The second-order valence-corrected chi connectivity index (χ2v) is 6.82. The molecule has 1 aromatic heterocycles. The Bertz CT molecular complexity index is 831. The second-order valence-electron chi connectivity index (χ2n) is 6.82. The molecule has 0 amide bonds. The summed E-state index contributed by atoms with van der Waals surface area (Å²) in [5.41, 5.74) is 6.55. The highest BCUT2D eigenvalue weighted by Gasteiger charge is 2.29. The third kappa shape index (κ3) is 4.54. The van der Waals surface area contributed by atoms with Crippen LogP contribution in [0.5, 0.6) is 0 Å². The van der Waals surface area contributed by atoms with Crippen molar-refractivity contribution < 1.29 is 4.92 Å². The molecule has 1 aromatic carbocycles. The molecule has 3 N–H and O–H groups in total. The van der Waals surface area contributed by atoms with E-state index in [1.807, 2.05) is 4.90 Å². The van der Waals surface area contributed by atoms with E-state index in [9.17, 15) is 10.1 Å². The van der Waals surface area contributed by atoms with E-state index in [4.69, 9.17) is 5.73 Å². The van der Waals surface area contributed by atoms with Crippen LogP contribution >= 0.6 is 0 Å². The zero-order valence-electron chi connectivity index (χ0n) is 15.9.